The van der Waals surface area contributed by atoms with Gasteiger partial charge in [0.05, 0.1) is 11.5 Å². The van der Waals surface area contributed by atoms with Crippen molar-refractivity contribution in [1.82, 2.24) is 0 Å². The van der Waals surface area contributed by atoms with Crippen molar-refractivity contribution >= 4 is 11.6 Å². The molecule has 7 unspecified atom stereocenters. The van der Waals surface area contributed by atoms with Gasteiger partial charge in [-0.3, -0.25) is 9.59 Å². The van der Waals surface area contributed by atoms with Crippen LogP contribution in [-0.2, 0) is 9.59 Å². The Hall–Kier alpha value is -1.04. The zero-order valence-corrected chi connectivity index (χ0v) is 20.7. The van der Waals surface area contributed by atoms with Crippen LogP contribution in [0.2, 0.25) is 0 Å². The number of carbonyl (C=O) groups is 2. The Bertz CT molecular complexity index is 757. The fraction of sp³-hybridized carbons (Fsp3) is 0.852. The average Bonchev–Trinajstić information content (AvgIpc) is 3.04. The molecular weight excluding hydrogens is 404 g/mol. The summed E-state index contributed by atoms with van der Waals surface area (Å²) in [4.78, 5) is 27.0. The van der Waals surface area contributed by atoms with E-state index < -0.39 is 22.9 Å². The van der Waals surface area contributed by atoms with E-state index in [1.807, 2.05) is 0 Å². The van der Waals surface area contributed by atoms with Gasteiger partial charge < -0.3 is 15.3 Å². The van der Waals surface area contributed by atoms with Crippen LogP contribution in [-0.4, -0.2) is 45.2 Å². The lowest BCUT2D eigenvalue weighted by atomic mass is 9.53. The smallest absolute Gasteiger partial charge is 0.188 e. The maximum Gasteiger partial charge on any atom is 0.188 e. The maximum atomic E-state index is 13.8. The van der Waals surface area contributed by atoms with E-state index in [1.54, 1.807) is 6.92 Å². The van der Waals surface area contributed by atoms with Gasteiger partial charge >= 0.3 is 0 Å². The molecule has 0 amide bonds. The second-order valence-electron chi connectivity index (χ2n) is 11.9. The van der Waals surface area contributed by atoms with E-state index in [0.29, 0.717) is 42.6 Å². The van der Waals surface area contributed by atoms with Crippen molar-refractivity contribution in [3.63, 3.8) is 0 Å². The molecule has 7 atom stereocenters. The number of carbonyl (C=O) groups excluding carboxylic acids is 2. The Labute approximate surface area is 193 Å². The van der Waals surface area contributed by atoms with Crippen LogP contribution >= 0.6 is 0 Å². The molecule has 0 aromatic heterocycles. The minimum Gasteiger partial charge on any atom is -0.396 e. The largest absolute Gasteiger partial charge is 0.396 e. The van der Waals surface area contributed by atoms with Crippen molar-refractivity contribution in [1.29, 1.82) is 0 Å². The average molecular weight is 449 g/mol. The van der Waals surface area contributed by atoms with Crippen LogP contribution < -0.4 is 0 Å². The summed E-state index contributed by atoms with van der Waals surface area (Å²) in [6.07, 6.45) is 7.24. The maximum absolute atomic E-state index is 13.8. The number of aliphatic hydroxyl groups is 3. The van der Waals surface area contributed by atoms with Gasteiger partial charge in [-0.2, -0.15) is 0 Å². The van der Waals surface area contributed by atoms with Gasteiger partial charge in [-0.05, 0) is 74.2 Å². The Morgan fingerprint density at radius 2 is 1.78 bits per heavy atom. The normalized spacial score (nSPS) is 41.0. The molecule has 2 fully saturated rings. The topological polar surface area (TPSA) is 94.8 Å². The van der Waals surface area contributed by atoms with Crippen LogP contribution in [0.5, 0.6) is 0 Å². The number of ketones is 2. The first-order valence-electron chi connectivity index (χ1n) is 12.7. The summed E-state index contributed by atoms with van der Waals surface area (Å²) in [5.74, 6) is 0.908. The number of Topliss-reactive ketones (excluding diaryl/α,β-unsaturated/α-hetero) is 1. The summed E-state index contributed by atoms with van der Waals surface area (Å²) >= 11 is 0. The summed E-state index contributed by atoms with van der Waals surface area (Å²) in [6.45, 7) is 10.7. The Kier molecular flexibility index (Phi) is 7.44. The third-order valence-electron chi connectivity index (χ3n) is 9.44. The molecular formula is C27H44O5. The van der Waals surface area contributed by atoms with Gasteiger partial charge in [-0.1, -0.05) is 47.0 Å². The summed E-state index contributed by atoms with van der Waals surface area (Å²) < 4.78 is 0. The first-order valence-corrected chi connectivity index (χ1v) is 12.7. The minimum absolute atomic E-state index is 0.0605. The predicted molar refractivity (Wildman–Crippen MR) is 125 cm³/mol. The summed E-state index contributed by atoms with van der Waals surface area (Å²) in [5.41, 5.74) is -2.71. The summed E-state index contributed by atoms with van der Waals surface area (Å²) in [7, 11) is 0. The highest BCUT2D eigenvalue weighted by molar-refractivity contribution is 6.16. The zero-order chi connectivity index (χ0) is 23.9. The molecule has 5 nitrogen and oxygen atoms in total. The number of hydrogen-bond acceptors (Lipinski definition) is 5. The molecule has 0 radical (unpaired) electrons. The molecule has 3 rings (SSSR count). The first kappa shape index (κ1) is 25.6. The molecule has 0 saturated heterocycles. The van der Waals surface area contributed by atoms with Crippen molar-refractivity contribution in [3.05, 3.63) is 11.6 Å². The first-order chi connectivity index (χ1) is 14.9. The van der Waals surface area contributed by atoms with Crippen molar-refractivity contribution in [2.24, 2.45) is 34.5 Å². The minimum atomic E-state index is -1.82. The lowest BCUT2D eigenvalue weighted by Crippen LogP contribution is -2.63. The van der Waals surface area contributed by atoms with Gasteiger partial charge in [0.15, 0.2) is 11.6 Å². The van der Waals surface area contributed by atoms with Gasteiger partial charge in [0.2, 0.25) is 0 Å². The van der Waals surface area contributed by atoms with Gasteiger partial charge in [-0.25, -0.2) is 0 Å². The van der Waals surface area contributed by atoms with Gasteiger partial charge in [0.1, 0.15) is 5.60 Å². The number of hydrogen-bond donors (Lipinski definition) is 3. The lowest BCUT2D eigenvalue weighted by Gasteiger charge is -2.51. The molecule has 0 aliphatic heterocycles. The molecule has 5 heteroatoms. The molecule has 3 aliphatic carbocycles. The van der Waals surface area contributed by atoms with Crippen molar-refractivity contribution in [3.8, 4) is 0 Å². The van der Waals surface area contributed by atoms with E-state index in [4.69, 9.17) is 0 Å². The molecule has 3 N–H and O–H groups in total. The molecule has 182 valence electrons. The fourth-order valence-electron chi connectivity index (χ4n) is 7.27. The van der Waals surface area contributed by atoms with E-state index in [2.05, 4.69) is 27.7 Å². The van der Waals surface area contributed by atoms with Crippen LogP contribution in [0.4, 0.5) is 0 Å². The van der Waals surface area contributed by atoms with E-state index in [1.165, 1.54) is 18.9 Å². The molecule has 2 saturated carbocycles. The quantitative estimate of drug-likeness (QED) is 0.517. The van der Waals surface area contributed by atoms with Crippen LogP contribution in [0.15, 0.2) is 11.6 Å². The highest BCUT2D eigenvalue weighted by atomic mass is 16.3. The highest BCUT2D eigenvalue weighted by Gasteiger charge is 2.63. The molecule has 32 heavy (non-hydrogen) atoms. The third kappa shape index (κ3) is 4.14. The molecule has 0 heterocycles. The van der Waals surface area contributed by atoms with Gasteiger partial charge in [0.25, 0.3) is 0 Å². The van der Waals surface area contributed by atoms with E-state index >= 15 is 0 Å². The molecule has 0 aromatic rings. The Morgan fingerprint density at radius 3 is 2.41 bits per heavy atom. The Balaban J connectivity index is 1.91. The monoisotopic (exact) mass is 448 g/mol. The van der Waals surface area contributed by atoms with Crippen LogP contribution in [0.25, 0.3) is 0 Å². The van der Waals surface area contributed by atoms with Crippen LogP contribution in [0.1, 0.15) is 92.4 Å². The highest BCUT2D eigenvalue weighted by Crippen LogP contribution is 2.59. The van der Waals surface area contributed by atoms with Crippen LogP contribution in [0, 0.1) is 34.5 Å². The summed E-state index contributed by atoms with van der Waals surface area (Å²) in [6, 6.07) is 0. The predicted octanol–water partition coefficient (Wildman–Crippen LogP) is 4.22. The fourth-order valence-corrected chi connectivity index (χ4v) is 7.27. The van der Waals surface area contributed by atoms with Gasteiger partial charge in [0, 0.05) is 18.6 Å². The summed E-state index contributed by atoms with van der Waals surface area (Å²) in [5, 5.41) is 31.3. The van der Waals surface area contributed by atoms with Crippen molar-refractivity contribution in [2.45, 2.75) is 104 Å². The Morgan fingerprint density at radius 1 is 1.09 bits per heavy atom. The lowest BCUT2D eigenvalue weighted by molar-refractivity contribution is -0.174. The molecule has 3 aliphatic rings. The SMILES string of the molecule is CC(C)CCCC(C)C1CCC(C2=CC(=O)C3(O)CC(O)CCC3(C)C2=O)C1(C)CCO. The molecule has 0 bridgehead atoms. The zero-order valence-electron chi connectivity index (χ0n) is 20.7. The second-order valence-corrected chi connectivity index (χ2v) is 11.9. The number of allylic oxidation sites excluding steroid dienone is 1. The molecule has 0 aromatic carbocycles. The van der Waals surface area contributed by atoms with E-state index in [0.717, 1.165) is 19.3 Å². The number of rotatable bonds is 8. The van der Waals surface area contributed by atoms with E-state index in [9.17, 15) is 24.9 Å². The number of fused-ring (bicyclic) bond motifs is 1. The van der Waals surface area contributed by atoms with Crippen molar-refractivity contribution < 1.29 is 24.9 Å². The molecule has 0 spiro atoms. The van der Waals surface area contributed by atoms with Crippen molar-refractivity contribution in [2.75, 3.05) is 6.61 Å². The standard InChI is InChI=1S/C27H44O5/c1-17(2)7-6-8-18(3)21-9-10-22(25(21,4)13-14-28)20-15-23(30)27(32)16-19(29)11-12-26(27,5)24(20)31/h15,17-19,21-22,28-29,32H,6-14,16H2,1-5H3. The number of aliphatic hydroxyl groups excluding tert-OH is 2. The third-order valence-corrected chi connectivity index (χ3v) is 9.44. The van der Waals surface area contributed by atoms with Crippen LogP contribution in [0.3, 0.4) is 0 Å². The van der Waals surface area contributed by atoms with E-state index in [-0.39, 0.29) is 30.1 Å². The second kappa shape index (κ2) is 9.31. The van der Waals surface area contributed by atoms with Gasteiger partial charge in [-0.15, -0.1) is 0 Å².